The number of rotatable bonds is 4. The van der Waals surface area contributed by atoms with Gasteiger partial charge in [-0.05, 0) is 18.2 Å². The Bertz CT molecular complexity index is 599. The van der Waals surface area contributed by atoms with Crippen molar-refractivity contribution in [1.82, 2.24) is 10.4 Å². The molecule has 1 heterocycles. The maximum absolute atomic E-state index is 12.5. The second-order valence-corrected chi connectivity index (χ2v) is 4.31. The lowest BCUT2D eigenvalue weighted by molar-refractivity contribution is -0.137. The highest BCUT2D eigenvalue weighted by molar-refractivity contribution is 5.40. The van der Waals surface area contributed by atoms with Gasteiger partial charge in [-0.2, -0.15) is 13.2 Å². The highest BCUT2D eigenvalue weighted by Gasteiger charge is 2.31. The van der Waals surface area contributed by atoms with E-state index in [0.29, 0.717) is 17.0 Å². The minimum Gasteiger partial charge on any atom is -0.496 e. The molecule has 0 radical (unpaired) electrons. The van der Waals surface area contributed by atoms with Crippen molar-refractivity contribution in [3.05, 3.63) is 59.4 Å². The van der Waals surface area contributed by atoms with E-state index in [-0.39, 0.29) is 0 Å². The number of nitrogens with zero attached hydrogens (tertiary/aromatic N) is 1. The molecule has 0 fully saturated rings. The molecule has 0 saturated heterocycles. The van der Waals surface area contributed by atoms with Crippen molar-refractivity contribution in [2.45, 2.75) is 12.2 Å². The summed E-state index contributed by atoms with van der Waals surface area (Å²) < 4.78 is 42.9. The van der Waals surface area contributed by atoms with Crippen molar-refractivity contribution in [2.24, 2.45) is 5.84 Å². The fourth-order valence-electron chi connectivity index (χ4n) is 1.98. The Morgan fingerprint density at radius 3 is 2.43 bits per heavy atom. The lowest BCUT2D eigenvalue weighted by Crippen LogP contribution is -2.30. The highest BCUT2D eigenvalue weighted by Crippen LogP contribution is 2.31. The first-order valence-electron chi connectivity index (χ1n) is 6.09. The summed E-state index contributed by atoms with van der Waals surface area (Å²) in [5, 5.41) is 0. The van der Waals surface area contributed by atoms with E-state index in [9.17, 15) is 13.2 Å². The smallest absolute Gasteiger partial charge is 0.417 e. The molecule has 0 amide bonds. The number of ether oxygens (including phenoxy) is 1. The van der Waals surface area contributed by atoms with Crippen molar-refractivity contribution >= 4 is 0 Å². The van der Waals surface area contributed by atoms with E-state index >= 15 is 0 Å². The zero-order valence-electron chi connectivity index (χ0n) is 11.2. The van der Waals surface area contributed by atoms with Crippen LogP contribution in [-0.2, 0) is 6.18 Å². The van der Waals surface area contributed by atoms with Crippen LogP contribution in [0.1, 0.15) is 22.9 Å². The Kier molecular flexibility index (Phi) is 4.44. The third kappa shape index (κ3) is 3.32. The molecule has 0 saturated carbocycles. The summed E-state index contributed by atoms with van der Waals surface area (Å²) in [6.07, 6.45) is -3.63. The van der Waals surface area contributed by atoms with Crippen LogP contribution < -0.4 is 16.0 Å². The average molecular weight is 297 g/mol. The van der Waals surface area contributed by atoms with Gasteiger partial charge >= 0.3 is 6.18 Å². The molecule has 7 heteroatoms. The topological polar surface area (TPSA) is 60.2 Å². The molecule has 1 aromatic heterocycles. The Balaban J connectivity index is 2.38. The van der Waals surface area contributed by atoms with Gasteiger partial charge in [0.15, 0.2) is 0 Å². The Hall–Kier alpha value is -2.12. The summed E-state index contributed by atoms with van der Waals surface area (Å²) in [4.78, 5) is 3.85. The molecule has 4 nitrogen and oxygen atoms in total. The molecule has 0 aliphatic rings. The number of benzene rings is 1. The first-order valence-corrected chi connectivity index (χ1v) is 6.09. The molecule has 0 aliphatic heterocycles. The van der Waals surface area contributed by atoms with Gasteiger partial charge in [0.05, 0.1) is 24.4 Å². The Morgan fingerprint density at radius 1 is 1.19 bits per heavy atom. The predicted octanol–water partition coefficient (Wildman–Crippen LogP) is 2.66. The molecule has 1 atom stereocenters. The van der Waals surface area contributed by atoms with Crippen LogP contribution in [0, 0.1) is 0 Å². The van der Waals surface area contributed by atoms with Gasteiger partial charge in [-0.15, -0.1) is 0 Å². The number of hydrogen-bond donors (Lipinski definition) is 2. The average Bonchev–Trinajstić information content (AvgIpc) is 2.48. The number of halogens is 3. The van der Waals surface area contributed by atoms with E-state index in [1.807, 2.05) is 0 Å². The lowest BCUT2D eigenvalue weighted by atomic mass is 10.0. The normalized spacial score (nSPS) is 13.0. The zero-order valence-corrected chi connectivity index (χ0v) is 11.2. The summed E-state index contributed by atoms with van der Waals surface area (Å²) in [7, 11) is 1.51. The molecule has 112 valence electrons. The van der Waals surface area contributed by atoms with Crippen LogP contribution in [-0.4, -0.2) is 12.1 Å². The van der Waals surface area contributed by atoms with Crippen LogP contribution in [0.15, 0.2) is 42.6 Å². The molecule has 0 aliphatic carbocycles. The summed E-state index contributed by atoms with van der Waals surface area (Å²) in [5.41, 5.74) is 2.80. The predicted molar refractivity (Wildman–Crippen MR) is 71.4 cm³/mol. The maximum Gasteiger partial charge on any atom is 0.417 e. The fraction of sp³-hybridized carbons (Fsp3) is 0.214. The number of aromatic nitrogens is 1. The second kappa shape index (κ2) is 6.11. The Labute approximate surface area is 119 Å². The Morgan fingerprint density at radius 2 is 1.90 bits per heavy atom. The number of alkyl halides is 3. The van der Waals surface area contributed by atoms with Crippen molar-refractivity contribution in [2.75, 3.05) is 7.11 Å². The van der Waals surface area contributed by atoms with Crippen molar-refractivity contribution in [1.29, 1.82) is 0 Å². The van der Waals surface area contributed by atoms with E-state index in [0.717, 1.165) is 12.3 Å². The summed E-state index contributed by atoms with van der Waals surface area (Å²) >= 11 is 0. The molecular formula is C14H14F3N3O. The number of hydrazine groups is 1. The molecule has 21 heavy (non-hydrogen) atoms. The SMILES string of the molecule is COc1ccccc1C(NN)c1ccc(C(F)(F)F)cn1. The number of hydrogen-bond acceptors (Lipinski definition) is 4. The van der Waals surface area contributed by atoms with Gasteiger partial charge in [-0.25, -0.2) is 5.43 Å². The van der Waals surface area contributed by atoms with E-state index < -0.39 is 17.8 Å². The highest BCUT2D eigenvalue weighted by atomic mass is 19.4. The van der Waals surface area contributed by atoms with E-state index in [4.69, 9.17) is 10.6 Å². The van der Waals surface area contributed by atoms with E-state index in [1.165, 1.54) is 13.2 Å². The maximum atomic E-state index is 12.5. The number of para-hydroxylation sites is 1. The number of nitrogens with two attached hydrogens (primary N) is 1. The van der Waals surface area contributed by atoms with Crippen molar-refractivity contribution < 1.29 is 17.9 Å². The summed E-state index contributed by atoms with van der Waals surface area (Å²) in [5.74, 6) is 6.09. The molecule has 2 aromatic rings. The minimum atomic E-state index is -4.42. The summed E-state index contributed by atoms with van der Waals surface area (Å²) in [6.45, 7) is 0. The van der Waals surface area contributed by atoms with Gasteiger partial charge < -0.3 is 4.74 Å². The number of methoxy groups -OCH3 is 1. The van der Waals surface area contributed by atoms with Gasteiger partial charge in [0, 0.05) is 11.8 Å². The molecule has 1 aromatic carbocycles. The van der Waals surface area contributed by atoms with Crippen LogP contribution in [0.25, 0.3) is 0 Å². The quantitative estimate of drug-likeness (QED) is 0.673. The first-order chi connectivity index (χ1) is 9.97. The van der Waals surface area contributed by atoms with Crippen LogP contribution >= 0.6 is 0 Å². The van der Waals surface area contributed by atoms with Crippen molar-refractivity contribution in [3.63, 3.8) is 0 Å². The van der Waals surface area contributed by atoms with E-state index in [2.05, 4.69) is 10.4 Å². The van der Waals surface area contributed by atoms with Crippen LogP contribution in [0.4, 0.5) is 13.2 Å². The molecule has 0 spiro atoms. The monoisotopic (exact) mass is 297 g/mol. The molecule has 2 rings (SSSR count). The minimum absolute atomic E-state index is 0.370. The summed E-state index contributed by atoms with van der Waals surface area (Å²) in [6, 6.07) is 8.78. The van der Waals surface area contributed by atoms with E-state index in [1.54, 1.807) is 24.3 Å². The van der Waals surface area contributed by atoms with Gasteiger partial charge in [-0.1, -0.05) is 18.2 Å². The van der Waals surface area contributed by atoms with Crippen LogP contribution in [0.2, 0.25) is 0 Å². The van der Waals surface area contributed by atoms with Gasteiger partial charge in [0.25, 0.3) is 0 Å². The van der Waals surface area contributed by atoms with Crippen molar-refractivity contribution in [3.8, 4) is 5.75 Å². The van der Waals surface area contributed by atoms with Gasteiger partial charge in [-0.3, -0.25) is 10.8 Å². The fourth-order valence-corrected chi connectivity index (χ4v) is 1.98. The van der Waals surface area contributed by atoms with Gasteiger partial charge in [0.1, 0.15) is 5.75 Å². The molecule has 1 unspecified atom stereocenters. The third-order valence-electron chi connectivity index (χ3n) is 3.03. The van der Waals surface area contributed by atoms with Gasteiger partial charge in [0.2, 0.25) is 0 Å². The second-order valence-electron chi connectivity index (χ2n) is 4.31. The van der Waals surface area contributed by atoms with Crippen LogP contribution in [0.5, 0.6) is 5.75 Å². The first kappa shape index (κ1) is 15.3. The largest absolute Gasteiger partial charge is 0.496 e. The molecule has 3 N–H and O–H groups in total. The standard InChI is InChI=1S/C14H14F3N3O/c1-21-12-5-3-2-4-10(12)13(20-18)11-7-6-9(8-19-11)14(15,16)17/h2-8,13,20H,18H2,1H3. The number of pyridine rings is 1. The molecule has 0 bridgehead atoms. The lowest BCUT2D eigenvalue weighted by Gasteiger charge is -2.19. The number of nitrogens with one attached hydrogen (secondary N) is 1. The zero-order chi connectivity index (χ0) is 15.5. The molecular weight excluding hydrogens is 283 g/mol. The third-order valence-corrected chi connectivity index (χ3v) is 3.03. The van der Waals surface area contributed by atoms with Crippen LogP contribution in [0.3, 0.4) is 0 Å².